The van der Waals surface area contributed by atoms with Crippen LogP contribution in [0.4, 0.5) is 0 Å². The van der Waals surface area contributed by atoms with E-state index < -0.39 is 0 Å². The molecule has 0 aliphatic heterocycles. The number of nitrogens with zero attached hydrogens (tertiary/aromatic N) is 1. The average molecular weight is 263 g/mol. The van der Waals surface area contributed by atoms with Crippen LogP contribution in [-0.2, 0) is 11.3 Å². The zero-order valence-corrected chi connectivity index (χ0v) is 11.0. The van der Waals surface area contributed by atoms with Crippen LogP contribution in [0.5, 0.6) is 11.5 Å². The van der Waals surface area contributed by atoms with Crippen LogP contribution in [0.25, 0.3) is 0 Å². The number of benzene rings is 1. The van der Waals surface area contributed by atoms with Gasteiger partial charge in [0, 0.05) is 6.54 Å². The topological polar surface area (TPSA) is 83.4 Å². The number of nitrogens with one attached hydrogen (secondary N) is 2. The lowest BCUT2D eigenvalue weighted by molar-refractivity contribution is -0.122. The maximum absolute atomic E-state index is 11.3. The van der Waals surface area contributed by atoms with E-state index in [-0.39, 0.29) is 19.1 Å². The molecule has 0 aromatic heterocycles. The van der Waals surface area contributed by atoms with E-state index >= 15 is 0 Å². The van der Waals surface area contributed by atoms with Crippen LogP contribution < -0.4 is 20.1 Å². The van der Waals surface area contributed by atoms with Gasteiger partial charge in [0.1, 0.15) is 6.54 Å². The van der Waals surface area contributed by atoms with Crippen molar-refractivity contribution >= 4 is 5.91 Å². The van der Waals surface area contributed by atoms with Gasteiger partial charge in [0.2, 0.25) is 0 Å². The summed E-state index contributed by atoms with van der Waals surface area (Å²) in [5.74, 6) is 0.720. The zero-order valence-electron chi connectivity index (χ0n) is 11.0. The Morgan fingerprint density at radius 1 is 1.42 bits per heavy atom. The van der Waals surface area contributed by atoms with Crippen molar-refractivity contribution in [2.75, 3.05) is 27.3 Å². The lowest BCUT2D eigenvalue weighted by Gasteiger charge is -2.12. The Balaban J connectivity index is 2.67. The summed E-state index contributed by atoms with van der Waals surface area (Å²) in [6.07, 6.45) is 0. The van der Waals surface area contributed by atoms with Crippen molar-refractivity contribution in [2.24, 2.45) is 0 Å². The molecular weight excluding hydrogens is 246 g/mol. The quantitative estimate of drug-likeness (QED) is 0.697. The summed E-state index contributed by atoms with van der Waals surface area (Å²) in [6, 6.07) is 7.34. The Morgan fingerprint density at radius 3 is 2.84 bits per heavy atom. The minimum atomic E-state index is -0.345. The highest BCUT2D eigenvalue weighted by molar-refractivity contribution is 5.77. The van der Waals surface area contributed by atoms with E-state index in [1.807, 2.05) is 25.2 Å². The van der Waals surface area contributed by atoms with E-state index in [4.69, 9.17) is 14.7 Å². The number of carbonyl (C=O) groups excluding carboxylic acids is 1. The van der Waals surface area contributed by atoms with Crippen molar-refractivity contribution in [3.63, 3.8) is 0 Å². The first-order valence-corrected chi connectivity index (χ1v) is 5.79. The molecule has 0 aliphatic rings. The Bertz CT molecular complexity index is 469. The fraction of sp³-hybridized carbons (Fsp3) is 0.385. The highest BCUT2D eigenvalue weighted by Gasteiger charge is 2.08. The normalized spacial score (nSPS) is 9.53. The van der Waals surface area contributed by atoms with Crippen molar-refractivity contribution in [3.05, 3.63) is 23.8 Å². The molecule has 6 nitrogen and oxygen atoms in total. The fourth-order valence-corrected chi connectivity index (χ4v) is 1.48. The van der Waals surface area contributed by atoms with Crippen LogP contribution in [0.2, 0.25) is 0 Å². The van der Waals surface area contributed by atoms with E-state index in [1.54, 1.807) is 6.07 Å². The van der Waals surface area contributed by atoms with Crippen LogP contribution in [0.1, 0.15) is 5.56 Å². The van der Waals surface area contributed by atoms with E-state index in [0.717, 1.165) is 5.56 Å². The number of methoxy groups -OCH3 is 1. The third kappa shape index (κ3) is 4.85. The summed E-state index contributed by atoms with van der Waals surface area (Å²) in [4.78, 5) is 11.3. The monoisotopic (exact) mass is 263 g/mol. The largest absolute Gasteiger partial charge is 0.493 e. The van der Waals surface area contributed by atoms with Gasteiger partial charge in [-0.2, -0.15) is 5.26 Å². The predicted octanol–water partition coefficient (Wildman–Crippen LogP) is 0.433. The van der Waals surface area contributed by atoms with E-state index in [1.165, 1.54) is 7.11 Å². The molecule has 0 fully saturated rings. The van der Waals surface area contributed by atoms with Crippen molar-refractivity contribution in [2.45, 2.75) is 6.54 Å². The summed E-state index contributed by atoms with van der Waals surface area (Å²) >= 11 is 0. The molecule has 0 radical (unpaired) electrons. The molecule has 19 heavy (non-hydrogen) atoms. The molecule has 1 amide bonds. The summed E-state index contributed by atoms with van der Waals surface area (Å²) < 4.78 is 10.6. The molecule has 2 N–H and O–H groups in total. The van der Waals surface area contributed by atoms with Crippen molar-refractivity contribution in [1.82, 2.24) is 10.6 Å². The molecule has 6 heteroatoms. The molecular formula is C13H17N3O3. The molecule has 0 spiro atoms. The Kier molecular flexibility index (Phi) is 6.19. The lowest BCUT2D eigenvalue weighted by Crippen LogP contribution is -2.29. The van der Waals surface area contributed by atoms with Gasteiger partial charge in [-0.25, -0.2) is 0 Å². The Hall–Kier alpha value is -2.26. The van der Waals surface area contributed by atoms with Gasteiger partial charge in [-0.3, -0.25) is 4.79 Å². The van der Waals surface area contributed by atoms with Gasteiger partial charge in [-0.15, -0.1) is 0 Å². The average Bonchev–Trinajstić information content (AvgIpc) is 2.43. The van der Waals surface area contributed by atoms with E-state index in [9.17, 15) is 4.79 Å². The first kappa shape index (κ1) is 14.8. The number of amides is 1. The second-order valence-electron chi connectivity index (χ2n) is 3.74. The highest BCUT2D eigenvalue weighted by atomic mass is 16.5. The Morgan fingerprint density at radius 2 is 2.21 bits per heavy atom. The molecule has 0 atom stereocenters. The first-order valence-electron chi connectivity index (χ1n) is 5.79. The van der Waals surface area contributed by atoms with Crippen LogP contribution >= 0.6 is 0 Å². The third-order valence-electron chi connectivity index (χ3n) is 2.33. The summed E-state index contributed by atoms with van der Waals surface area (Å²) in [5.41, 5.74) is 1.02. The first-order chi connectivity index (χ1) is 9.21. The SMILES string of the molecule is CNCc1ccc(OC)c(OCC(=O)NCC#N)c1. The van der Waals surface area contributed by atoms with Gasteiger partial charge in [0.05, 0.1) is 13.2 Å². The zero-order chi connectivity index (χ0) is 14.1. The van der Waals surface area contributed by atoms with E-state index in [2.05, 4.69) is 10.6 Å². The van der Waals surface area contributed by atoms with Gasteiger partial charge in [0.15, 0.2) is 18.1 Å². The number of ether oxygens (including phenoxy) is 2. The molecule has 0 unspecified atom stereocenters. The van der Waals surface area contributed by atoms with Crippen LogP contribution in [-0.4, -0.2) is 33.2 Å². The number of rotatable bonds is 7. The molecule has 1 aromatic rings. The van der Waals surface area contributed by atoms with Crippen molar-refractivity contribution in [3.8, 4) is 17.6 Å². The van der Waals surface area contributed by atoms with Gasteiger partial charge in [-0.05, 0) is 24.7 Å². The maximum Gasteiger partial charge on any atom is 0.258 e. The molecule has 0 heterocycles. The summed E-state index contributed by atoms with van der Waals surface area (Å²) in [5, 5.41) is 13.8. The van der Waals surface area contributed by atoms with E-state index in [0.29, 0.717) is 18.0 Å². The minimum absolute atomic E-state index is 0.0286. The summed E-state index contributed by atoms with van der Waals surface area (Å²) in [7, 11) is 3.38. The number of carbonyl (C=O) groups is 1. The maximum atomic E-state index is 11.3. The molecule has 1 rings (SSSR count). The predicted molar refractivity (Wildman–Crippen MR) is 69.9 cm³/mol. The van der Waals surface area contributed by atoms with Gasteiger partial charge < -0.3 is 20.1 Å². The van der Waals surface area contributed by atoms with Gasteiger partial charge in [-0.1, -0.05) is 6.07 Å². The lowest BCUT2D eigenvalue weighted by atomic mass is 10.2. The smallest absolute Gasteiger partial charge is 0.258 e. The molecule has 0 bridgehead atoms. The Labute approximate surface area is 112 Å². The van der Waals surface area contributed by atoms with Gasteiger partial charge >= 0.3 is 0 Å². The molecule has 1 aromatic carbocycles. The minimum Gasteiger partial charge on any atom is -0.493 e. The van der Waals surface area contributed by atoms with Crippen molar-refractivity contribution < 1.29 is 14.3 Å². The van der Waals surface area contributed by atoms with Crippen LogP contribution in [0.15, 0.2) is 18.2 Å². The fourth-order valence-electron chi connectivity index (χ4n) is 1.48. The van der Waals surface area contributed by atoms with Crippen LogP contribution in [0, 0.1) is 11.3 Å². The second-order valence-corrected chi connectivity index (χ2v) is 3.74. The third-order valence-corrected chi connectivity index (χ3v) is 2.33. The summed E-state index contributed by atoms with van der Waals surface area (Å²) in [6.45, 7) is 0.515. The van der Waals surface area contributed by atoms with Gasteiger partial charge in [0.25, 0.3) is 5.91 Å². The molecule has 0 saturated heterocycles. The number of hydrogen-bond donors (Lipinski definition) is 2. The second kappa shape index (κ2) is 7.95. The molecule has 102 valence electrons. The van der Waals surface area contributed by atoms with Crippen LogP contribution in [0.3, 0.4) is 0 Å². The molecule has 0 saturated carbocycles. The molecule has 0 aliphatic carbocycles. The standard InChI is InChI=1S/C13H17N3O3/c1-15-8-10-3-4-11(18-2)12(7-10)19-9-13(17)16-6-5-14/h3-4,7,15H,6,8-9H2,1-2H3,(H,16,17). The highest BCUT2D eigenvalue weighted by Crippen LogP contribution is 2.27. The number of nitriles is 1. The number of hydrogen-bond acceptors (Lipinski definition) is 5. The van der Waals surface area contributed by atoms with Crippen molar-refractivity contribution in [1.29, 1.82) is 5.26 Å².